The monoisotopic (exact) mass is 215 g/mol. The molecule has 0 unspecified atom stereocenters. The summed E-state index contributed by atoms with van der Waals surface area (Å²) in [4.78, 5) is 15.5. The van der Waals surface area contributed by atoms with Crippen molar-refractivity contribution in [1.82, 2.24) is 9.80 Å². The largest absolute Gasteiger partial charge is 0.343 e. The number of carbonyl (C=O) groups excluding carboxylic acids is 1. The van der Waals surface area contributed by atoms with Crippen molar-refractivity contribution in [3.8, 4) is 0 Å². The Morgan fingerprint density at radius 2 is 1.87 bits per heavy atom. The fourth-order valence-electron chi connectivity index (χ4n) is 1.29. The van der Waals surface area contributed by atoms with Crippen molar-refractivity contribution in [2.24, 2.45) is 5.73 Å². The highest BCUT2D eigenvalue weighted by Crippen LogP contribution is 2.01. The maximum atomic E-state index is 11.7. The summed E-state index contributed by atoms with van der Waals surface area (Å²) in [7, 11) is 5.81. The van der Waals surface area contributed by atoms with Crippen molar-refractivity contribution in [1.29, 1.82) is 0 Å². The molecule has 0 aromatic heterocycles. The number of hydrogen-bond acceptors (Lipinski definition) is 3. The number of rotatable bonds is 7. The predicted molar refractivity (Wildman–Crippen MR) is 63.7 cm³/mol. The van der Waals surface area contributed by atoms with Gasteiger partial charge in [-0.2, -0.15) is 0 Å². The van der Waals surface area contributed by atoms with Crippen molar-refractivity contribution >= 4 is 5.91 Å². The average molecular weight is 215 g/mol. The van der Waals surface area contributed by atoms with E-state index >= 15 is 0 Å². The van der Waals surface area contributed by atoms with Crippen LogP contribution in [0.2, 0.25) is 0 Å². The number of unbranched alkanes of at least 4 members (excludes halogenated alkanes) is 1. The van der Waals surface area contributed by atoms with Crippen molar-refractivity contribution in [2.75, 3.05) is 34.2 Å². The second-order valence-corrected chi connectivity index (χ2v) is 4.31. The molecule has 1 atom stereocenters. The molecule has 0 aliphatic rings. The average Bonchev–Trinajstić information content (AvgIpc) is 2.21. The van der Waals surface area contributed by atoms with Gasteiger partial charge in [-0.15, -0.1) is 0 Å². The minimum Gasteiger partial charge on any atom is -0.343 e. The Kier molecular flexibility index (Phi) is 7.34. The molecule has 0 saturated carbocycles. The van der Waals surface area contributed by atoms with Gasteiger partial charge in [-0.3, -0.25) is 4.79 Å². The SMILES string of the molecule is CCCC[C@H](N)C(=O)N(C)CCN(C)C. The first kappa shape index (κ1) is 14.4. The van der Waals surface area contributed by atoms with E-state index in [9.17, 15) is 4.79 Å². The van der Waals surface area contributed by atoms with Gasteiger partial charge in [0.2, 0.25) is 5.91 Å². The van der Waals surface area contributed by atoms with Gasteiger partial charge in [0.15, 0.2) is 0 Å². The summed E-state index contributed by atoms with van der Waals surface area (Å²) in [5, 5.41) is 0. The normalized spacial score (nSPS) is 12.9. The Morgan fingerprint density at radius 3 is 2.33 bits per heavy atom. The zero-order valence-corrected chi connectivity index (χ0v) is 10.5. The smallest absolute Gasteiger partial charge is 0.239 e. The lowest BCUT2D eigenvalue weighted by molar-refractivity contribution is -0.131. The maximum Gasteiger partial charge on any atom is 0.239 e. The van der Waals surface area contributed by atoms with Crippen LogP contribution in [-0.2, 0) is 4.79 Å². The van der Waals surface area contributed by atoms with Gasteiger partial charge in [0.05, 0.1) is 6.04 Å². The standard InChI is InChI=1S/C11H25N3O/c1-5-6-7-10(12)11(15)14(4)9-8-13(2)3/h10H,5-9,12H2,1-4H3/t10-/m0/s1. The first-order chi connectivity index (χ1) is 6.99. The zero-order valence-electron chi connectivity index (χ0n) is 10.5. The Morgan fingerprint density at radius 1 is 1.27 bits per heavy atom. The molecule has 90 valence electrons. The summed E-state index contributed by atoms with van der Waals surface area (Å²) in [5.41, 5.74) is 5.81. The summed E-state index contributed by atoms with van der Waals surface area (Å²) in [6.07, 6.45) is 2.90. The molecule has 2 N–H and O–H groups in total. The number of hydrogen-bond donors (Lipinski definition) is 1. The summed E-state index contributed by atoms with van der Waals surface area (Å²) in [5.74, 6) is 0.0605. The summed E-state index contributed by atoms with van der Waals surface area (Å²) < 4.78 is 0. The van der Waals surface area contributed by atoms with Crippen LogP contribution in [0.15, 0.2) is 0 Å². The highest BCUT2D eigenvalue weighted by Gasteiger charge is 2.16. The molecule has 0 aliphatic carbocycles. The molecular formula is C11H25N3O. The van der Waals surface area contributed by atoms with Crippen LogP contribution in [0.4, 0.5) is 0 Å². The van der Waals surface area contributed by atoms with E-state index in [2.05, 4.69) is 11.8 Å². The molecule has 0 aliphatic heterocycles. The molecule has 15 heavy (non-hydrogen) atoms. The van der Waals surface area contributed by atoms with E-state index in [4.69, 9.17) is 5.73 Å². The number of nitrogens with two attached hydrogens (primary N) is 1. The fourth-order valence-corrected chi connectivity index (χ4v) is 1.29. The van der Waals surface area contributed by atoms with Crippen molar-refractivity contribution in [3.05, 3.63) is 0 Å². The van der Waals surface area contributed by atoms with Crippen LogP contribution in [0, 0.1) is 0 Å². The second kappa shape index (κ2) is 7.65. The van der Waals surface area contributed by atoms with E-state index in [1.807, 2.05) is 21.1 Å². The minimum atomic E-state index is -0.322. The minimum absolute atomic E-state index is 0.0605. The Hall–Kier alpha value is -0.610. The number of amides is 1. The maximum absolute atomic E-state index is 11.7. The molecule has 0 bridgehead atoms. The van der Waals surface area contributed by atoms with Crippen molar-refractivity contribution < 1.29 is 4.79 Å². The predicted octanol–water partition coefficient (Wildman–Crippen LogP) is 0.524. The molecule has 4 nitrogen and oxygen atoms in total. The lowest BCUT2D eigenvalue weighted by Gasteiger charge is -2.22. The molecule has 0 radical (unpaired) electrons. The molecule has 4 heteroatoms. The van der Waals surface area contributed by atoms with Crippen LogP contribution in [0.5, 0.6) is 0 Å². The van der Waals surface area contributed by atoms with E-state index in [0.29, 0.717) is 0 Å². The molecule has 0 saturated heterocycles. The quantitative estimate of drug-likeness (QED) is 0.674. The van der Waals surface area contributed by atoms with E-state index in [0.717, 1.165) is 32.4 Å². The van der Waals surface area contributed by atoms with E-state index < -0.39 is 0 Å². The highest BCUT2D eigenvalue weighted by molar-refractivity contribution is 5.81. The van der Waals surface area contributed by atoms with Gasteiger partial charge in [-0.05, 0) is 20.5 Å². The topological polar surface area (TPSA) is 49.6 Å². The first-order valence-corrected chi connectivity index (χ1v) is 5.64. The van der Waals surface area contributed by atoms with Crippen molar-refractivity contribution in [2.45, 2.75) is 32.2 Å². The van der Waals surface area contributed by atoms with Crippen LogP contribution < -0.4 is 5.73 Å². The van der Waals surface area contributed by atoms with Gasteiger partial charge >= 0.3 is 0 Å². The molecule has 0 fully saturated rings. The van der Waals surface area contributed by atoms with Gasteiger partial charge in [-0.25, -0.2) is 0 Å². The van der Waals surface area contributed by atoms with E-state index in [-0.39, 0.29) is 11.9 Å². The van der Waals surface area contributed by atoms with Crippen molar-refractivity contribution in [3.63, 3.8) is 0 Å². The van der Waals surface area contributed by atoms with Crippen LogP contribution >= 0.6 is 0 Å². The third-order valence-corrected chi connectivity index (χ3v) is 2.44. The van der Waals surface area contributed by atoms with E-state index in [1.54, 1.807) is 4.90 Å². The second-order valence-electron chi connectivity index (χ2n) is 4.31. The highest BCUT2D eigenvalue weighted by atomic mass is 16.2. The lowest BCUT2D eigenvalue weighted by atomic mass is 10.1. The van der Waals surface area contributed by atoms with Gasteiger partial charge in [-0.1, -0.05) is 19.8 Å². The van der Waals surface area contributed by atoms with Gasteiger partial charge < -0.3 is 15.5 Å². The Balaban J connectivity index is 3.85. The molecule has 1 amide bonds. The molecule has 0 aromatic carbocycles. The van der Waals surface area contributed by atoms with Crippen LogP contribution in [-0.4, -0.2) is 56.0 Å². The molecule has 0 aromatic rings. The summed E-state index contributed by atoms with van der Waals surface area (Å²) in [6.45, 7) is 3.72. The van der Waals surface area contributed by atoms with Crippen LogP contribution in [0.1, 0.15) is 26.2 Å². The summed E-state index contributed by atoms with van der Waals surface area (Å²) >= 11 is 0. The molecule has 0 spiro atoms. The fraction of sp³-hybridized carbons (Fsp3) is 0.909. The van der Waals surface area contributed by atoms with Crippen LogP contribution in [0.25, 0.3) is 0 Å². The first-order valence-electron chi connectivity index (χ1n) is 5.64. The lowest BCUT2D eigenvalue weighted by Crippen LogP contribution is -2.43. The number of nitrogens with zero attached hydrogens (tertiary/aromatic N) is 2. The van der Waals surface area contributed by atoms with Gasteiger partial charge in [0.25, 0.3) is 0 Å². The Labute approximate surface area is 93.4 Å². The Bertz CT molecular complexity index is 183. The molecule has 0 rings (SSSR count). The summed E-state index contributed by atoms with van der Waals surface area (Å²) in [6, 6.07) is -0.322. The van der Waals surface area contributed by atoms with Gasteiger partial charge in [0, 0.05) is 20.1 Å². The third-order valence-electron chi connectivity index (χ3n) is 2.44. The number of likely N-dealkylation sites (N-methyl/N-ethyl adjacent to an activating group) is 2. The van der Waals surface area contributed by atoms with Crippen LogP contribution in [0.3, 0.4) is 0 Å². The zero-order chi connectivity index (χ0) is 11.8. The molecule has 0 heterocycles. The van der Waals surface area contributed by atoms with E-state index in [1.165, 1.54) is 0 Å². The number of carbonyl (C=O) groups is 1. The van der Waals surface area contributed by atoms with Gasteiger partial charge in [0.1, 0.15) is 0 Å². The third kappa shape index (κ3) is 6.47. The molecular weight excluding hydrogens is 190 g/mol.